The fraction of sp³-hybridized carbons (Fsp3) is 0.500. The van der Waals surface area contributed by atoms with Gasteiger partial charge in [0, 0.05) is 24.0 Å². The minimum absolute atomic E-state index is 0.00390. The molecule has 4 atom stereocenters. The van der Waals surface area contributed by atoms with E-state index in [0.29, 0.717) is 19.3 Å². The van der Waals surface area contributed by atoms with Gasteiger partial charge in [0.25, 0.3) is 5.91 Å². The molecule has 1 aliphatic heterocycles. The third kappa shape index (κ3) is 4.97. The number of rotatable bonds is 7. The van der Waals surface area contributed by atoms with E-state index < -0.39 is 50.6 Å². The molecule has 2 saturated carbocycles. The van der Waals surface area contributed by atoms with Crippen molar-refractivity contribution in [2.45, 2.75) is 74.2 Å². The van der Waals surface area contributed by atoms with Crippen LogP contribution in [-0.4, -0.2) is 47.4 Å². The fourth-order valence-electron chi connectivity index (χ4n) is 5.10. The van der Waals surface area contributed by atoms with Crippen LogP contribution in [0.4, 0.5) is 8.78 Å². The molecule has 5 rings (SSSR count). The largest absolute Gasteiger partial charge is 0.347 e. The normalized spacial score (nSPS) is 24.7. The van der Waals surface area contributed by atoms with Crippen LogP contribution < -0.4 is 5.32 Å². The standard InChI is InChI=1S/C26H28ClF2N3O4S/c1-13-7-23(25(33)31-24(15-3-4-15)19-9-22(29)20(27)10-21(19)28)32(14(13)2)26(34)16-8-18(12-30-11-16)37(35,36)17-5-6-17/h8-15,17,23-24H,3-7H2,1-2H3,(H,31,33)/t13-,14-,23-,24?/m1/s1. The zero-order chi connectivity index (χ0) is 26.6. The lowest BCUT2D eigenvalue weighted by molar-refractivity contribution is -0.126. The van der Waals surface area contributed by atoms with E-state index in [-0.39, 0.29) is 38.9 Å². The Kier molecular flexibility index (Phi) is 6.77. The van der Waals surface area contributed by atoms with Crippen LogP contribution in [0.2, 0.25) is 5.02 Å². The zero-order valence-electron chi connectivity index (χ0n) is 20.5. The van der Waals surface area contributed by atoms with Gasteiger partial charge >= 0.3 is 0 Å². The summed E-state index contributed by atoms with van der Waals surface area (Å²) < 4.78 is 54.2. The third-order valence-electron chi connectivity index (χ3n) is 7.75. The van der Waals surface area contributed by atoms with Gasteiger partial charge in [-0.2, -0.15) is 0 Å². The molecule has 1 unspecified atom stereocenters. The highest BCUT2D eigenvalue weighted by molar-refractivity contribution is 7.92. The summed E-state index contributed by atoms with van der Waals surface area (Å²) >= 11 is 5.71. The number of hydrogen-bond acceptors (Lipinski definition) is 5. The van der Waals surface area contributed by atoms with Crippen LogP contribution in [0.5, 0.6) is 0 Å². The maximum atomic E-state index is 14.7. The highest BCUT2D eigenvalue weighted by atomic mass is 35.5. The molecule has 198 valence electrons. The minimum Gasteiger partial charge on any atom is -0.347 e. The van der Waals surface area contributed by atoms with Gasteiger partial charge in [-0.3, -0.25) is 14.6 Å². The maximum Gasteiger partial charge on any atom is 0.256 e. The number of carbonyl (C=O) groups excluding carboxylic acids is 2. The first-order chi connectivity index (χ1) is 17.5. The van der Waals surface area contributed by atoms with Crippen molar-refractivity contribution in [2.24, 2.45) is 11.8 Å². The van der Waals surface area contributed by atoms with E-state index in [1.807, 2.05) is 13.8 Å². The van der Waals surface area contributed by atoms with Gasteiger partial charge in [-0.25, -0.2) is 17.2 Å². The number of sulfone groups is 1. The van der Waals surface area contributed by atoms with E-state index in [1.165, 1.54) is 23.4 Å². The number of hydrogen-bond donors (Lipinski definition) is 1. The Balaban J connectivity index is 1.41. The Labute approximate surface area is 219 Å². The highest BCUT2D eigenvalue weighted by Crippen LogP contribution is 2.43. The number of likely N-dealkylation sites (tertiary alicyclic amines) is 1. The summed E-state index contributed by atoms with van der Waals surface area (Å²) in [5.41, 5.74) is 0.113. The summed E-state index contributed by atoms with van der Waals surface area (Å²) in [6, 6.07) is 1.32. The molecule has 1 aromatic heterocycles. The number of amides is 2. The molecule has 11 heteroatoms. The molecule has 3 aliphatic rings. The Morgan fingerprint density at radius 2 is 1.78 bits per heavy atom. The van der Waals surface area contributed by atoms with Crippen molar-refractivity contribution in [3.63, 3.8) is 0 Å². The Bertz CT molecular complexity index is 1360. The molecule has 0 spiro atoms. The van der Waals surface area contributed by atoms with Crippen molar-refractivity contribution in [1.29, 1.82) is 0 Å². The molecular weight excluding hydrogens is 524 g/mol. The van der Waals surface area contributed by atoms with Gasteiger partial charge in [0.15, 0.2) is 9.84 Å². The zero-order valence-corrected chi connectivity index (χ0v) is 22.0. The predicted molar refractivity (Wildman–Crippen MR) is 133 cm³/mol. The van der Waals surface area contributed by atoms with Gasteiger partial charge < -0.3 is 10.2 Å². The number of carbonyl (C=O) groups is 2. The molecule has 37 heavy (non-hydrogen) atoms. The molecule has 1 saturated heterocycles. The molecule has 3 fully saturated rings. The lowest BCUT2D eigenvalue weighted by Gasteiger charge is -2.30. The molecule has 7 nitrogen and oxygen atoms in total. The summed E-state index contributed by atoms with van der Waals surface area (Å²) in [5.74, 6) is -2.51. The molecular formula is C26H28ClF2N3O4S. The molecule has 1 aromatic carbocycles. The van der Waals surface area contributed by atoms with Crippen molar-refractivity contribution in [1.82, 2.24) is 15.2 Å². The van der Waals surface area contributed by atoms with Crippen LogP contribution in [0, 0.1) is 23.5 Å². The number of nitrogens with zero attached hydrogens (tertiary/aromatic N) is 2. The van der Waals surface area contributed by atoms with Crippen LogP contribution in [0.3, 0.4) is 0 Å². The summed E-state index contributed by atoms with van der Waals surface area (Å²) in [6.07, 6.45) is 5.60. The number of aromatic nitrogens is 1. The maximum absolute atomic E-state index is 14.7. The first kappa shape index (κ1) is 26.0. The van der Waals surface area contributed by atoms with E-state index in [1.54, 1.807) is 0 Å². The van der Waals surface area contributed by atoms with Gasteiger partial charge in [0.1, 0.15) is 17.7 Å². The summed E-state index contributed by atoms with van der Waals surface area (Å²) in [6.45, 7) is 3.76. The van der Waals surface area contributed by atoms with Crippen molar-refractivity contribution >= 4 is 33.3 Å². The van der Waals surface area contributed by atoms with Crippen molar-refractivity contribution in [3.8, 4) is 0 Å². The van der Waals surface area contributed by atoms with Crippen LogP contribution in [0.25, 0.3) is 0 Å². The lowest BCUT2D eigenvalue weighted by Crippen LogP contribution is -2.49. The average Bonchev–Trinajstić information content (AvgIpc) is 3.77. The molecule has 2 amide bonds. The minimum atomic E-state index is -3.55. The van der Waals surface area contributed by atoms with Crippen molar-refractivity contribution < 1.29 is 26.8 Å². The molecule has 0 radical (unpaired) electrons. The molecule has 2 heterocycles. The van der Waals surface area contributed by atoms with Crippen molar-refractivity contribution in [2.75, 3.05) is 0 Å². The number of halogens is 3. The number of nitrogens with one attached hydrogen (secondary N) is 1. The quantitative estimate of drug-likeness (QED) is 0.513. The second kappa shape index (κ2) is 9.62. The number of pyridine rings is 1. The summed E-state index contributed by atoms with van der Waals surface area (Å²) in [5, 5.41) is 2.09. The van der Waals surface area contributed by atoms with E-state index in [9.17, 15) is 26.8 Å². The highest BCUT2D eigenvalue weighted by Gasteiger charge is 2.45. The monoisotopic (exact) mass is 551 g/mol. The van der Waals surface area contributed by atoms with Crippen molar-refractivity contribution in [3.05, 3.63) is 58.4 Å². The Morgan fingerprint density at radius 3 is 2.43 bits per heavy atom. The predicted octanol–water partition coefficient (Wildman–Crippen LogP) is 4.46. The molecule has 2 aromatic rings. The summed E-state index contributed by atoms with van der Waals surface area (Å²) in [7, 11) is -3.55. The van der Waals surface area contributed by atoms with Gasteiger partial charge in [-0.15, -0.1) is 0 Å². The van der Waals surface area contributed by atoms with E-state index in [2.05, 4.69) is 10.3 Å². The van der Waals surface area contributed by atoms with Gasteiger partial charge in [-0.05, 0) is 69.1 Å². The summed E-state index contributed by atoms with van der Waals surface area (Å²) in [4.78, 5) is 32.6. The van der Waals surface area contributed by atoms with Gasteiger partial charge in [-0.1, -0.05) is 18.5 Å². The topological polar surface area (TPSA) is 96.4 Å². The first-order valence-electron chi connectivity index (χ1n) is 12.5. The first-order valence-corrected chi connectivity index (χ1v) is 14.4. The molecule has 0 bridgehead atoms. The average molecular weight is 552 g/mol. The van der Waals surface area contributed by atoms with Crippen LogP contribution >= 0.6 is 11.6 Å². The van der Waals surface area contributed by atoms with E-state index in [4.69, 9.17) is 11.6 Å². The fourth-order valence-corrected chi connectivity index (χ4v) is 6.89. The smallest absolute Gasteiger partial charge is 0.256 e. The molecule has 1 N–H and O–H groups in total. The second-order valence-electron chi connectivity index (χ2n) is 10.4. The van der Waals surface area contributed by atoms with E-state index >= 15 is 0 Å². The SMILES string of the molecule is C[C@@H]1C[C@H](C(=O)NC(c2cc(F)c(Cl)cc2F)C2CC2)N(C(=O)c2cncc(S(=O)(=O)C3CC3)c2)[C@@H]1C. The van der Waals surface area contributed by atoms with Gasteiger partial charge in [0.2, 0.25) is 5.91 Å². The van der Waals surface area contributed by atoms with Crippen LogP contribution in [0.15, 0.2) is 35.5 Å². The van der Waals surface area contributed by atoms with E-state index in [0.717, 1.165) is 25.0 Å². The Hall–Kier alpha value is -2.59. The Morgan fingerprint density at radius 1 is 1.08 bits per heavy atom. The number of benzene rings is 1. The lowest BCUT2D eigenvalue weighted by atomic mass is 9.99. The second-order valence-corrected chi connectivity index (χ2v) is 13.1. The van der Waals surface area contributed by atoms with Gasteiger partial charge in [0.05, 0.1) is 26.8 Å². The van der Waals surface area contributed by atoms with Crippen LogP contribution in [-0.2, 0) is 14.6 Å². The molecule has 2 aliphatic carbocycles. The third-order valence-corrected chi connectivity index (χ3v) is 10.3. The van der Waals surface area contributed by atoms with Crippen LogP contribution in [0.1, 0.15) is 67.9 Å².